The highest BCUT2D eigenvalue weighted by atomic mass is 16.5. The number of anilines is 3. The Labute approximate surface area is 225 Å². The van der Waals surface area contributed by atoms with Gasteiger partial charge in [0.25, 0.3) is 0 Å². The molecule has 0 radical (unpaired) electrons. The van der Waals surface area contributed by atoms with E-state index < -0.39 is 0 Å². The van der Waals surface area contributed by atoms with E-state index in [1.807, 2.05) is 56.3 Å². The second-order valence-corrected chi connectivity index (χ2v) is 9.08. The molecule has 0 bridgehead atoms. The number of fused-ring (bicyclic) bond motifs is 2. The van der Waals surface area contributed by atoms with Gasteiger partial charge in [-0.15, -0.1) is 0 Å². The maximum absolute atomic E-state index is 12.5. The van der Waals surface area contributed by atoms with Gasteiger partial charge in [0.15, 0.2) is 5.65 Å². The minimum absolute atomic E-state index is 0.254. The smallest absolute Gasteiger partial charge is 0.248 e. The first-order valence-electron chi connectivity index (χ1n) is 12.2. The number of benzene rings is 2. The van der Waals surface area contributed by atoms with Crippen molar-refractivity contribution >= 4 is 39.6 Å². The Morgan fingerprint density at radius 1 is 1.05 bits per heavy atom. The molecule has 2 N–H and O–H groups in total. The van der Waals surface area contributed by atoms with Gasteiger partial charge in [-0.25, -0.2) is 19.5 Å². The third kappa shape index (κ3) is 5.94. The molecular weight excluding hydrogens is 496 g/mol. The van der Waals surface area contributed by atoms with Crippen LogP contribution in [0.15, 0.2) is 73.5 Å². The number of nitrogens with zero attached hydrogens (tertiary/aromatic N) is 6. The molecule has 0 aliphatic heterocycles. The minimum Gasteiger partial charge on any atom is -0.494 e. The predicted octanol–water partition coefficient (Wildman–Crippen LogP) is 4.58. The monoisotopic (exact) mass is 524 g/mol. The Morgan fingerprint density at radius 3 is 2.72 bits per heavy atom. The van der Waals surface area contributed by atoms with Gasteiger partial charge in [-0.05, 0) is 56.9 Å². The number of ether oxygens (including phenoxy) is 2. The topological polar surface area (TPSA) is 119 Å². The first-order chi connectivity index (χ1) is 18.9. The van der Waals surface area contributed by atoms with Gasteiger partial charge >= 0.3 is 0 Å². The number of aryl methyl sites for hydroxylation is 1. The van der Waals surface area contributed by atoms with Crippen LogP contribution in [-0.2, 0) is 4.79 Å². The lowest BCUT2D eigenvalue weighted by molar-refractivity contribution is -0.111. The molecule has 0 aliphatic rings. The third-order valence-electron chi connectivity index (χ3n) is 5.87. The van der Waals surface area contributed by atoms with Gasteiger partial charge in [0.05, 0.1) is 18.3 Å². The number of amides is 1. The van der Waals surface area contributed by atoms with E-state index in [-0.39, 0.29) is 5.91 Å². The number of methoxy groups -OCH3 is 1. The summed E-state index contributed by atoms with van der Waals surface area (Å²) in [5.74, 6) is 2.22. The van der Waals surface area contributed by atoms with Crippen LogP contribution in [0.4, 0.5) is 17.2 Å². The van der Waals surface area contributed by atoms with Crippen molar-refractivity contribution in [2.24, 2.45) is 0 Å². The molecule has 0 aliphatic carbocycles. The molecular formula is C28H28N8O3. The molecule has 198 valence electrons. The maximum atomic E-state index is 12.5. The van der Waals surface area contributed by atoms with Crippen LogP contribution in [0, 0.1) is 6.92 Å². The molecule has 0 fully saturated rings. The van der Waals surface area contributed by atoms with E-state index in [1.165, 1.54) is 18.7 Å². The van der Waals surface area contributed by atoms with Crippen LogP contribution >= 0.6 is 0 Å². The number of hydrogen-bond acceptors (Lipinski definition) is 9. The van der Waals surface area contributed by atoms with E-state index in [2.05, 4.69) is 30.7 Å². The van der Waals surface area contributed by atoms with Crippen LogP contribution in [0.1, 0.15) is 5.56 Å². The molecule has 0 atom stereocenters. The van der Waals surface area contributed by atoms with Crippen molar-refractivity contribution < 1.29 is 14.3 Å². The fraction of sp³-hybridized carbons (Fsp3) is 0.179. The fourth-order valence-corrected chi connectivity index (χ4v) is 3.96. The Morgan fingerprint density at radius 2 is 1.92 bits per heavy atom. The van der Waals surface area contributed by atoms with E-state index in [1.54, 1.807) is 36.0 Å². The van der Waals surface area contributed by atoms with Crippen LogP contribution in [0.25, 0.3) is 16.6 Å². The first-order valence-corrected chi connectivity index (χ1v) is 12.2. The van der Waals surface area contributed by atoms with Crippen LogP contribution in [0.5, 0.6) is 17.2 Å². The van der Waals surface area contributed by atoms with Crippen molar-refractivity contribution in [3.05, 3.63) is 79.0 Å². The molecule has 0 saturated heterocycles. The standard InChI is InChI=1S/C28H28N8O3/c1-18-12-19(7-8-24(18)39-20-9-11-36-26(13-20)30-17-32-36)33-28-21-14-23(34-27(37)6-5-10-35(2)3)25(38-4)15-22(21)29-16-31-28/h5-9,11-17H,10H2,1-4H3,(H,34,37)(H,29,31,33)/b6-5+. The zero-order chi connectivity index (χ0) is 27.4. The van der Waals surface area contributed by atoms with Crippen molar-refractivity contribution in [3.8, 4) is 17.2 Å². The van der Waals surface area contributed by atoms with E-state index >= 15 is 0 Å². The lowest BCUT2D eigenvalue weighted by Gasteiger charge is -2.14. The summed E-state index contributed by atoms with van der Waals surface area (Å²) in [6.45, 7) is 2.63. The summed E-state index contributed by atoms with van der Waals surface area (Å²) in [7, 11) is 5.42. The van der Waals surface area contributed by atoms with Crippen LogP contribution in [-0.4, -0.2) is 63.1 Å². The molecule has 0 spiro atoms. The highest BCUT2D eigenvalue weighted by Crippen LogP contribution is 2.34. The van der Waals surface area contributed by atoms with Gasteiger partial charge in [0, 0.05) is 42.0 Å². The largest absolute Gasteiger partial charge is 0.494 e. The summed E-state index contributed by atoms with van der Waals surface area (Å²) in [6.07, 6.45) is 8.08. The molecule has 1 amide bonds. The Balaban J connectivity index is 1.38. The second-order valence-electron chi connectivity index (χ2n) is 9.08. The third-order valence-corrected chi connectivity index (χ3v) is 5.87. The summed E-state index contributed by atoms with van der Waals surface area (Å²) in [4.78, 5) is 27.5. The Bertz CT molecular complexity index is 1680. The summed E-state index contributed by atoms with van der Waals surface area (Å²) >= 11 is 0. The van der Waals surface area contributed by atoms with Crippen molar-refractivity contribution in [1.29, 1.82) is 0 Å². The molecule has 3 heterocycles. The van der Waals surface area contributed by atoms with Crippen molar-refractivity contribution in [2.45, 2.75) is 6.92 Å². The number of likely N-dealkylation sites (N-methyl/N-ethyl adjacent to an activating group) is 1. The Hall–Kier alpha value is -5.03. The van der Waals surface area contributed by atoms with E-state index in [0.717, 1.165) is 16.6 Å². The normalized spacial score (nSPS) is 11.4. The average molecular weight is 525 g/mol. The second kappa shape index (κ2) is 11.2. The maximum Gasteiger partial charge on any atom is 0.248 e. The van der Waals surface area contributed by atoms with Crippen LogP contribution in [0.2, 0.25) is 0 Å². The number of rotatable bonds is 9. The molecule has 5 aromatic rings. The molecule has 5 rings (SSSR count). The summed E-state index contributed by atoms with van der Waals surface area (Å²) in [5.41, 5.74) is 3.65. The SMILES string of the molecule is COc1cc2ncnc(Nc3ccc(Oc4ccn5ncnc5c4)c(C)c3)c2cc1NC(=O)/C=C/CN(C)C. The highest BCUT2D eigenvalue weighted by molar-refractivity contribution is 6.03. The number of nitrogens with one attached hydrogen (secondary N) is 2. The average Bonchev–Trinajstić information content (AvgIpc) is 3.38. The van der Waals surface area contributed by atoms with Crippen molar-refractivity contribution in [2.75, 3.05) is 38.4 Å². The number of hydrogen-bond donors (Lipinski definition) is 2. The Kier molecular flexibility index (Phi) is 7.32. The van der Waals surface area contributed by atoms with Crippen molar-refractivity contribution in [1.82, 2.24) is 29.5 Å². The summed E-state index contributed by atoms with van der Waals surface area (Å²) in [5, 5.41) is 11.1. The van der Waals surface area contributed by atoms with Gasteiger partial charge in [-0.2, -0.15) is 5.10 Å². The number of carbonyl (C=O) groups excluding carboxylic acids is 1. The van der Waals surface area contributed by atoms with Crippen LogP contribution < -0.4 is 20.1 Å². The molecule has 0 unspecified atom stereocenters. The quantitative estimate of drug-likeness (QED) is 0.267. The lowest BCUT2D eigenvalue weighted by atomic mass is 10.1. The lowest BCUT2D eigenvalue weighted by Crippen LogP contribution is -2.13. The zero-order valence-corrected chi connectivity index (χ0v) is 22.0. The number of carbonyl (C=O) groups is 1. The van der Waals surface area contributed by atoms with Crippen LogP contribution in [0.3, 0.4) is 0 Å². The van der Waals surface area contributed by atoms with Gasteiger partial charge < -0.3 is 25.0 Å². The van der Waals surface area contributed by atoms with E-state index in [9.17, 15) is 4.79 Å². The summed E-state index contributed by atoms with van der Waals surface area (Å²) in [6, 6.07) is 13.0. The van der Waals surface area contributed by atoms with Gasteiger partial charge in [0.2, 0.25) is 5.91 Å². The minimum atomic E-state index is -0.254. The molecule has 3 aromatic heterocycles. The highest BCUT2D eigenvalue weighted by Gasteiger charge is 2.13. The molecule has 11 heteroatoms. The summed E-state index contributed by atoms with van der Waals surface area (Å²) < 4.78 is 13.3. The molecule has 39 heavy (non-hydrogen) atoms. The first kappa shape index (κ1) is 25.6. The predicted molar refractivity (Wildman–Crippen MR) is 150 cm³/mol. The van der Waals surface area contributed by atoms with E-state index in [0.29, 0.717) is 46.5 Å². The fourth-order valence-electron chi connectivity index (χ4n) is 3.96. The van der Waals surface area contributed by atoms with Gasteiger partial charge in [-0.3, -0.25) is 4.79 Å². The molecule has 2 aromatic carbocycles. The zero-order valence-electron chi connectivity index (χ0n) is 22.0. The van der Waals surface area contributed by atoms with Gasteiger partial charge in [-0.1, -0.05) is 6.08 Å². The van der Waals surface area contributed by atoms with Gasteiger partial charge in [0.1, 0.15) is 35.7 Å². The number of aromatic nitrogens is 5. The molecule has 0 saturated carbocycles. The van der Waals surface area contributed by atoms with E-state index in [4.69, 9.17) is 9.47 Å². The van der Waals surface area contributed by atoms with Crippen molar-refractivity contribution in [3.63, 3.8) is 0 Å². The number of pyridine rings is 1. The molecule has 11 nitrogen and oxygen atoms in total.